The van der Waals surface area contributed by atoms with Crippen LogP contribution in [0, 0.1) is 0 Å². The molecule has 2 heterocycles. The minimum atomic E-state index is -0.0371. The number of aromatic nitrogens is 1. The highest BCUT2D eigenvalue weighted by Gasteiger charge is 2.18. The number of hydrogen-bond donors (Lipinski definition) is 2. The van der Waals surface area contributed by atoms with E-state index in [4.69, 9.17) is 9.47 Å². The minimum absolute atomic E-state index is 0. The molecule has 1 aromatic carbocycles. The number of likely N-dealkylation sites (N-methyl/N-ethyl adjacent to an activating group) is 1. The van der Waals surface area contributed by atoms with Gasteiger partial charge in [-0.25, -0.2) is 4.98 Å². The Kier molecular flexibility index (Phi) is 10.8. The van der Waals surface area contributed by atoms with Gasteiger partial charge in [0.05, 0.1) is 13.7 Å². The number of guanidine groups is 1. The van der Waals surface area contributed by atoms with Crippen molar-refractivity contribution < 1.29 is 9.47 Å². The molecule has 2 aromatic rings. The van der Waals surface area contributed by atoms with E-state index in [1.165, 1.54) is 0 Å². The predicted molar refractivity (Wildman–Crippen MR) is 141 cm³/mol. The summed E-state index contributed by atoms with van der Waals surface area (Å²) in [5, 5.41) is 6.73. The van der Waals surface area contributed by atoms with Crippen molar-refractivity contribution in [1.29, 1.82) is 0 Å². The third kappa shape index (κ3) is 7.70. The van der Waals surface area contributed by atoms with Crippen LogP contribution in [-0.2, 0) is 6.54 Å². The van der Waals surface area contributed by atoms with E-state index in [1.54, 1.807) is 14.2 Å². The summed E-state index contributed by atoms with van der Waals surface area (Å²) in [6, 6.07) is 11.7. The third-order valence-corrected chi connectivity index (χ3v) is 5.28. The van der Waals surface area contributed by atoms with E-state index in [9.17, 15) is 0 Å². The first-order chi connectivity index (χ1) is 15.1. The molecule has 0 amide bonds. The summed E-state index contributed by atoms with van der Waals surface area (Å²) in [5.41, 5.74) is 1.16. The second-order valence-corrected chi connectivity index (χ2v) is 7.69. The van der Waals surface area contributed by atoms with Gasteiger partial charge in [-0.1, -0.05) is 12.1 Å². The number of hydrogen-bond acceptors (Lipinski definition) is 6. The lowest BCUT2D eigenvalue weighted by Crippen LogP contribution is -2.45. The normalized spacial score (nSPS) is 15.5. The first-order valence-electron chi connectivity index (χ1n) is 10.7. The van der Waals surface area contributed by atoms with Crippen LogP contribution in [0.5, 0.6) is 11.5 Å². The van der Waals surface area contributed by atoms with E-state index in [1.807, 2.05) is 43.5 Å². The zero-order valence-corrected chi connectivity index (χ0v) is 21.7. The molecule has 1 saturated heterocycles. The Morgan fingerprint density at radius 3 is 2.59 bits per heavy atom. The van der Waals surface area contributed by atoms with E-state index in [0.717, 1.165) is 55.0 Å². The van der Waals surface area contributed by atoms with Gasteiger partial charge in [-0.3, -0.25) is 4.99 Å². The Hall–Kier alpha value is -2.27. The van der Waals surface area contributed by atoms with Crippen molar-refractivity contribution in [1.82, 2.24) is 20.5 Å². The van der Waals surface area contributed by atoms with Gasteiger partial charge < -0.3 is 29.9 Å². The fraction of sp³-hybridized carbons (Fsp3) is 0.478. The van der Waals surface area contributed by atoms with Gasteiger partial charge in [-0.15, -0.1) is 24.0 Å². The Morgan fingerprint density at radius 1 is 1.12 bits per heavy atom. The molecule has 8 nitrogen and oxygen atoms in total. The van der Waals surface area contributed by atoms with Gasteiger partial charge >= 0.3 is 0 Å². The second kappa shape index (κ2) is 13.3. The summed E-state index contributed by atoms with van der Waals surface area (Å²) < 4.78 is 11.2. The monoisotopic (exact) mass is 554 g/mol. The van der Waals surface area contributed by atoms with Gasteiger partial charge in [0.25, 0.3) is 0 Å². The minimum Gasteiger partial charge on any atom is -0.497 e. The van der Waals surface area contributed by atoms with Crippen LogP contribution in [-0.4, -0.2) is 75.9 Å². The Morgan fingerprint density at radius 2 is 1.88 bits per heavy atom. The topological polar surface area (TPSA) is 74.3 Å². The Bertz CT molecular complexity index is 858. The van der Waals surface area contributed by atoms with Gasteiger partial charge in [-0.2, -0.15) is 0 Å². The van der Waals surface area contributed by atoms with Gasteiger partial charge in [0.1, 0.15) is 23.4 Å². The molecule has 1 aromatic heterocycles. The highest BCUT2D eigenvalue weighted by molar-refractivity contribution is 14.0. The molecular weight excluding hydrogens is 519 g/mol. The highest BCUT2D eigenvalue weighted by Crippen LogP contribution is 2.20. The van der Waals surface area contributed by atoms with Crippen LogP contribution in [0.2, 0.25) is 0 Å². The van der Waals surface area contributed by atoms with Crippen LogP contribution < -0.4 is 25.0 Å². The van der Waals surface area contributed by atoms with Crippen LogP contribution in [0.3, 0.4) is 0 Å². The van der Waals surface area contributed by atoms with Crippen LogP contribution >= 0.6 is 24.0 Å². The van der Waals surface area contributed by atoms with Gasteiger partial charge in [0.15, 0.2) is 5.96 Å². The van der Waals surface area contributed by atoms with Crippen molar-refractivity contribution >= 4 is 35.8 Å². The molecule has 3 rings (SSSR count). The third-order valence-electron chi connectivity index (χ3n) is 5.28. The number of rotatable bonds is 8. The second-order valence-electron chi connectivity index (χ2n) is 7.69. The number of benzene rings is 1. The van der Waals surface area contributed by atoms with Crippen molar-refractivity contribution in [3.8, 4) is 11.5 Å². The summed E-state index contributed by atoms with van der Waals surface area (Å²) in [4.78, 5) is 13.7. The molecule has 1 unspecified atom stereocenters. The van der Waals surface area contributed by atoms with E-state index in [2.05, 4.69) is 43.5 Å². The first-order valence-corrected chi connectivity index (χ1v) is 10.7. The van der Waals surface area contributed by atoms with Gasteiger partial charge in [0.2, 0.25) is 0 Å². The number of piperazine rings is 1. The largest absolute Gasteiger partial charge is 0.497 e. The average molecular weight is 554 g/mol. The van der Waals surface area contributed by atoms with Crippen LogP contribution in [0.4, 0.5) is 5.82 Å². The summed E-state index contributed by atoms with van der Waals surface area (Å²) in [6.07, 6.45) is 1.83. The average Bonchev–Trinajstić information content (AvgIpc) is 2.80. The molecule has 1 aliphatic rings. The zero-order chi connectivity index (χ0) is 22.1. The van der Waals surface area contributed by atoms with Gasteiger partial charge in [0, 0.05) is 57.6 Å². The number of anilines is 1. The lowest BCUT2D eigenvalue weighted by molar-refractivity contribution is 0.223. The quantitative estimate of drug-likeness (QED) is 0.295. The predicted octanol–water partition coefficient (Wildman–Crippen LogP) is 2.59. The van der Waals surface area contributed by atoms with Crippen molar-refractivity contribution in [2.24, 2.45) is 4.99 Å². The van der Waals surface area contributed by atoms with E-state index in [-0.39, 0.29) is 30.1 Å². The smallest absolute Gasteiger partial charge is 0.191 e. The lowest BCUT2D eigenvalue weighted by atomic mass is 10.2. The number of nitrogens with one attached hydrogen (secondary N) is 2. The standard InChI is InChI=1S/C23H34N6O2.HI/c1-18(31-21-9-5-8-20(15-21)30-4)16-26-23(24-2)27-17-19-7-6-10-25-22(19)29-13-11-28(3)12-14-29;/h5-10,15,18H,11-14,16-17H2,1-4H3,(H2,24,26,27);1H. The van der Waals surface area contributed by atoms with Crippen LogP contribution in [0.1, 0.15) is 12.5 Å². The molecular formula is C23H35IN6O2. The molecule has 32 heavy (non-hydrogen) atoms. The maximum Gasteiger partial charge on any atom is 0.191 e. The van der Waals surface area contributed by atoms with E-state index < -0.39 is 0 Å². The maximum absolute atomic E-state index is 5.98. The Balaban J connectivity index is 0.00000363. The Labute approximate surface area is 208 Å². The SMILES string of the molecule is CN=C(NCc1cccnc1N1CCN(C)CC1)NCC(C)Oc1cccc(OC)c1.I. The summed E-state index contributed by atoms with van der Waals surface area (Å²) in [5.74, 6) is 3.34. The number of halogens is 1. The van der Waals surface area contributed by atoms with E-state index >= 15 is 0 Å². The number of nitrogens with zero attached hydrogens (tertiary/aromatic N) is 4. The van der Waals surface area contributed by atoms with Crippen LogP contribution in [0.25, 0.3) is 0 Å². The van der Waals surface area contributed by atoms with Crippen LogP contribution in [0.15, 0.2) is 47.6 Å². The number of ether oxygens (including phenoxy) is 2. The zero-order valence-electron chi connectivity index (χ0n) is 19.4. The first kappa shape index (κ1) is 26.0. The van der Waals surface area contributed by atoms with E-state index in [0.29, 0.717) is 13.1 Å². The molecule has 1 aliphatic heterocycles. The van der Waals surface area contributed by atoms with Crippen molar-refractivity contribution in [3.63, 3.8) is 0 Å². The molecule has 0 bridgehead atoms. The maximum atomic E-state index is 5.98. The summed E-state index contributed by atoms with van der Waals surface area (Å²) in [7, 11) is 5.58. The summed E-state index contributed by atoms with van der Waals surface area (Å²) >= 11 is 0. The molecule has 0 radical (unpaired) electrons. The molecule has 176 valence electrons. The highest BCUT2D eigenvalue weighted by atomic mass is 127. The fourth-order valence-electron chi connectivity index (χ4n) is 3.46. The fourth-order valence-corrected chi connectivity index (χ4v) is 3.46. The molecule has 9 heteroatoms. The number of aliphatic imine (C=N–C) groups is 1. The van der Waals surface area contributed by atoms with Gasteiger partial charge in [-0.05, 0) is 32.2 Å². The molecule has 1 fully saturated rings. The molecule has 0 saturated carbocycles. The van der Waals surface area contributed by atoms with Crippen molar-refractivity contribution in [3.05, 3.63) is 48.2 Å². The number of pyridine rings is 1. The molecule has 0 aliphatic carbocycles. The summed E-state index contributed by atoms with van der Waals surface area (Å²) in [6.45, 7) is 7.39. The lowest BCUT2D eigenvalue weighted by Gasteiger charge is -2.34. The van der Waals surface area contributed by atoms with Crippen molar-refractivity contribution in [2.45, 2.75) is 19.6 Å². The molecule has 0 spiro atoms. The van der Waals surface area contributed by atoms with Crippen molar-refractivity contribution in [2.75, 3.05) is 58.8 Å². The molecule has 2 N–H and O–H groups in total. The number of methoxy groups -OCH3 is 1. The molecule has 1 atom stereocenters.